The van der Waals surface area contributed by atoms with Crippen molar-refractivity contribution in [3.05, 3.63) is 53.8 Å². The van der Waals surface area contributed by atoms with E-state index >= 15 is 0 Å². The average Bonchev–Trinajstić information content (AvgIpc) is 2.60. The maximum Gasteiger partial charge on any atom is 0.573 e. The van der Waals surface area contributed by atoms with Gasteiger partial charge in [-0.3, -0.25) is 4.79 Å². The largest absolute Gasteiger partial charge is 0.573 e. The summed E-state index contributed by atoms with van der Waals surface area (Å²) < 4.78 is 68.3. The molecule has 0 atom stereocenters. The number of hydrogen-bond acceptors (Lipinski definition) is 5. The SMILES string of the molecule is CN(Cc1ccccc1OC(F)(F)F)C(=O)C1=CN2CCS(=O)(=O)N=C2C=C1. The average molecular weight is 415 g/mol. The number of alkyl halides is 3. The molecule has 0 aliphatic carbocycles. The first-order valence-corrected chi connectivity index (χ1v) is 9.73. The summed E-state index contributed by atoms with van der Waals surface area (Å²) >= 11 is 0. The van der Waals surface area contributed by atoms with Gasteiger partial charge in [0, 0.05) is 31.9 Å². The standard InChI is InChI=1S/C17H16F3N3O4S/c1-22(10-12-4-2-3-5-14(12)27-17(18,19)20)16(24)13-6-7-15-21-28(25,26)9-8-23(15)11-13/h2-7,11H,8-10H2,1H3. The van der Waals surface area contributed by atoms with E-state index in [1.807, 2.05) is 0 Å². The van der Waals surface area contributed by atoms with Crippen LogP contribution in [0.5, 0.6) is 5.75 Å². The van der Waals surface area contributed by atoms with Gasteiger partial charge < -0.3 is 14.5 Å². The lowest BCUT2D eigenvalue weighted by molar-refractivity contribution is -0.275. The minimum absolute atomic E-state index is 0.106. The van der Waals surface area contributed by atoms with E-state index in [-0.39, 0.29) is 41.6 Å². The van der Waals surface area contributed by atoms with Gasteiger partial charge in [-0.1, -0.05) is 18.2 Å². The van der Waals surface area contributed by atoms with Crippen molar-refractivity contribution in [1.29, 1.82) is 0 Å². The van der Waals surface area contributed by atoms with Crippen molar-refractivity contribution in [2.24, 2.45) is 4.40 Å². The maximum atomic E-state index is 12.7. The van der Waals surface area contributed by atoms with Crippen LogP contribution in [0.25, 0.3) is 0 Å². The van der Waals surface area contributed by atoms with Crippen molar-refractivity contribution >= 4 is 21.8 Å². The Hall–Kier alpha value is -2.82. The first-order valence-electron chi connectivity index (χ1n) is 8.12. The van der Waals surface area contributed by atoms with Crippen molar-refractivity contribution < 1.29 is 31.1 Å². The van der Waals surface area contributed by atoms with Crippen molar-refractivity contribution in [3.63, 3.8) is 0 Å². The van der Waals surface area contributed by atoms with E-state index in [0.717, 1.165) is 0 Å². The zero-order chi connectivity index (χ0) is 20.5. The Morgan fingerprint density at radius 2 is 2.00 bits per heavy atom. The Kier molecular flexibility index (Phi) is 5.20. The van der Waals surface area contributed by atoms with E-state index in [4.69, 9.17) is 0 Å². The number of nitrogens with zero attached hydrogens (tertiary/aromatic N) is 3. The molecule has 150 valence electrons. The van der Waals surface area contributed by atoms with Gasteiger partial charge in [-0.25, -0.2) is 8.42 Å². The second-order valence-electron chi connectivity index (χ2n) is 6.16. The van der Waals surface area contributed by atoms with Gasteiger partial charge in [0.2, 0.25) is 0 Å². The number of halogens is 3. The van der Waals surface area contributed by atoms with E-state index in [1.165, 1.54) is 48.5 Å². The molecule has 2 aliphatic heterocycles. The molecule has 0 saturated carbocycles. The molecule has 2 heterocycles. The van der Waals surface area contributed by atoms with Crippen molar-refractivity contribution in [2.75, 3.05) is 19.3 Å². The number of rotatable bonds is 4. The second kappa shape index (κ2) is 7.30. The van der Waals surface area contributed by atoms with E-state index in [1.54, 1.807) is 11.0 Å². The molecule has 2 aliphatic rings. The summed E-state index contributed by atoms with van der Waals surface area (Å²) in [5.74, 6) is -0.765. The normalized spacial score (nSPS) is 18.1. The molecule has 0 spiro atoms. The van der Waals surface area contributed by atoms with Crippen LogP contribution >= 0.6 is 0 Å². The van der Waals surface area contributed by atoms with Crippen LogP contribution < -0.4 is 4.74 Å². The highest BCUT2D eigenvalue weighted by Gasteiger charge is 2.32. The third-order valence-electron chi connectivity index (χ3n) is 4.02. The minimum atomic E-state index is -4.84. The molecule has 0 unspecified atom stereocenters. The van der Waals surface area contributed by atoms with Gasteiger partial charge in [0.1, 0.15) is 11.6 Å². The van der Waals surface area contributed by atoms with Crippen LogP contribution in [-0.4, -0.2) is 55.7 Å². The topological polar surface area (TPSA) is 79.3 Å². The van der Waals surface area contributed by atoms with Gasteiger partial charge in [-0.15, -0.1) is 17.6 Å². The van der Waals surface area contributed by atoms with Crippen LogP contribution in [0.3, 0.4) is 0 Å². The van der Waals surface area contributed by atoms with Crippen molar-refractivity contribution in [1.82, 2.24) is 9.80 Å². The third kappa shape index (κ3) is 4.71. The number of likely N-dealkylation sites (N-methyl/N-ethyl adjacent to an activating group) is 1. The molecular formula is C17H16F3N3O4S. The van der Waals surface area contributed by atoms with Crippen molar-refractivity contribution in [2.45, 2.75) is 12.9 Å². The van der Waals surface area contributed by atoms with Crippen LogP contribution in [0, 0.1) is 0 Å². The van der Waals surface area contributed by atoms with Gasteiger partial charge in [0.05, 0.1) is 11.3 Å². The van der Waals surface area contributed by atoms with Gasteiger partial charge in [-0.05, 0) is 18.2 Å². The minimum Gasteiger partial charge on any atom is -0.405 e. The molecule has 1 aromatic rings. The lowest BCUT2D eigenvalue weighted by Gasteiger charge is -2.28. The number of benzene rings is 1. The molecule has 0 N–H and O–H groups in total. The predicted molar refractivity (Wildman–Crippen MR) is 94.7 cm³/mol. The first kappa shape index (κ1) is 19.9. The Balaban J connectivity index is 1.75. The highest BCUT2D eigenvalue weighted by Crippen LogP contribution is 2.27. The number of fused-ring (bicyclic) bond motifs is 1. The number of carbonyl (C=O) groups is 1. The molecular weight excluding hydrogens is 399 g/mol. The summed E-state index contributed by atoms with van der Waals surface area (Å²) in [7, 11) is -2.05. The Labute approximate surface area is 159 Å². The molecule has 0 aromatic heterocycles. The monoisotopic (exact) mass is 415 g/mol. The van der Waals surface area contributed by atoms with Crippen LogP contribution in [0.15, 0.2) is 52.6 Å². The number of hydrogen-bond donors (Lipinski definition) is 0. The van der Waals surface area contributed by atoms with Gasteiger partial charge in [0.25, 0.3) is 15.9 Å². The number of ether oxygens (including phenoxy) is 1. The molecule has 0 bridgehead atoms. The summed E-state index contributed by atoms with van der Waals surface area (Å²) in [6.07, 6.45) is -0.520. The fraction of sp³-hybridized carbons (Fsp3) is 0.294. The summed E-state index contributed by atoms with van der Waals surface area (Å²) in [5.41, 5.74) is 0.456. The Bertz CT molecular complexity index is 984. The maximum absolute atomic E-state index is 12.7. The van der Waals surface area contributed by atoms with Crippen molar-refractivity contribution in [3.8, 4) is 5.75 Å². The highest BCUT2D eigenvalue weighted by molar-refractivity contribution is 7.90. The molecule has 0 radical (unpaired) electrons. The molecule has 11 heteroatoms. The molecule has 1 aromatic carbocycles. The molecule has 28 heavy (non-hydrogen) atoms. The zero-order valence-electron chi connectivity index (χ0n) is 14.7. The third-order valence-corrected chi connectivity index (χ3v) is 5.19. The second-order valence-corrected chi connectivity index (χ2v) is 7.92. The molecule has 1 amide bonds. The van der Waals surface area contributed by atoms with Crippen LogP contribution in [0.1, 0.15) is 5.56 Å². The van der Waals surface area contributed by atoms with E-state index in [9.17, 15) is 26.4 Å². The number of para-hydroxylation sites is 1. The predicted octanol–water partition coefficient (Wildman–Crippen LogP) is 2.04. The van der Waals surface area contributed by atoms with E-state index < -0.39 is 22.3 Å². The fourth-order valence-corrected chi connectivity index (χ4v) is 3.70. The molecule has 0 saturated heterocycles. The Morgan fingerprint density at radius 1 is 1.29 bits per heavy atom. The van der Waals surface area contributed by atoms with Gasteiger partial charge in [0.15, 0.2) is 0 Å². The lowest BCUT2D eigenvalue weighted by Crippen LogP contribution is -2.38. The summed E-state index contributed by atoms with van der Waals surface area (Å²) in [5, 5.41) is 0. The van der Waals surface area contributed by atoms with Gasteiger partial charge >= 0.3 is 6.36 Å². The van der Waals surface area contributed by atoms with E-state index in [0.29, 0.717) is 0 Å². The van der Waals surface area contributed by atoms with Gasteiger partial charge in [-0.2, -0.15) is 0 Å². The van der Waals surface area contributed by atoms with Crippen LogP contribution in [0.4, 0.5) is 13.2 Å². The summed E-state index contributed by atoms with van der Waals surface area (Å²) in [6, 6.07) is 5.58. The molecule has 3 rings (SSSR count). The smallest absolute Gasteiger partial charge is 0.405 e. The number of carbonyl (C=O) groups excluding carboxylic acids is 1. The summed E-state index contributed by atoms with van der Waals surface area (Å²) in [4.78, 5) is 15.5. The van der Waals surface area contributed by atoms with E-state index in [2.05, 4.69) is 9.13 Å². The molecule has 7 nitrogen and oxygen atoms in total. The quantitative estimate of drug-likeness (QED) is 0.752. The zero-order valence-corrected chi connectivity index (χ0v) is 15.5. The molecule has 0 fully saturated rings. The van der Waals surface area contributed by atoms with Crippen LogP contribution in [-0.2, 0) is 21.4 Å². The highest BCUT2D eigenvalue weighted by atomic mass is 32.2. The van der Waals surface area contributed by atoms with Crippen LogP contribution in [0.2, 0.25) is 0 Å². The Morgan fingerprint density at radius 3 is 2.71 bits per heavy atom. The lowest BCUT2D eigenvalue weighted by atomic mass is 10.1. The number of amides is 1. The summed E-state index contributed by atoms with van der Waals surface area (Å²) in [6.45, 7) is 0.0554. The fourth-order valence-electron chi connectivity index (χ4n) is 2.73. The number of sulfonamides is 1. The first-order chi connectivity index (χ1) is 13.0. The number of amidine groups is 1.